The topological polar surface area (TPSA) is 29.3 Å². The van der Waals surface area contributed by atoms with Gasteiger partial charge in [-0.25, -0.2) is 0 Å². The molecule has 0 aromatic heterocycles. The fraction of sp³-hybridized carbons (Fsp3) is 0.647. The van der Waals surface area contributed by atoms with Crippen molar-refractivity contribution in [2.75, 3.05) is 18.0 Å². The van der Waals surface area contributed by atoms with Gasteiger partial charge in [-0.1, -0.05) is 12.1 Å². The van der Waals surface area contributed by atoms with E-state index < -0.39 is 0 Å². The summed E-state index contributed by atoms with van der Waals surface area (Å²) in [5.41, 5.74) is 10.2. The Kier molecular flexibility index (Phi) is 4.19. The van der Waals surface area contributed by atoms with Crippen molar-refractivity contribution < 1.29 is 0 Å². The second kappa shape index (κ2) is 5.54. The molecule has 2 heteroatoms. The molecule has 19 heavy (non-hydrogen) atoms. The minimum absolute atomic E-state index is 0.233. The number of rotatable bonds is 3. The minimum Gasteiger partial charge on any atom is -0.366 e. The molecule has 1 fully saturated rings. The van der Waals surface area contributed by atoms with Gasteiger partial charge in [0.2, 0.25) is 0 Å². The third kappa shape index (κ3) is 2.94. The Labute approximate surface area is 118 Å². The zero-order valence-corrected chi connectivity index (χ0v) is 12.9. The number of aryl methyl sites for hydroxylation is 1. The predicted molar refractivity (Wildman–Crippen MR) is 83.7 cm³/mol. The summed E-state index contributed by atoms with van der Waals surface area (Å²) < 4.78 is 0. The monoisotopic (exact) mass is 260 g/mol. The van der Waals surface area contributed by atoms with Gasteiger partial charge in [0.1, 0.15) is 0 Å². The fourth-order valence-corrected chi connectivity index (χ4v) is 3.49. The minimum atomic E-state index is 0.233. The number of piperidine rings is 1. The number of hydrogen-bond donors (Lipinski definition) is 1. The summed E-state index contributed by atoms with van der Waals surface area (Å²) in [6, 6.07) is 6.65. The first-order chi connectivity index (χ1) is 8.95. The zero-order chi connectivity index (χ0) is 14.0. The number of nitrogens with zero attached hydrogens (tertiary/aromatic N) is 1. The molecule has 0 bridgehead atoms. The quantitative estimate of drug-likeness (QED) is 0.899. The van der Waals surface area contributed by atoms with Gasteiger partial charge in [-0.05, 0) is 76.6 Å². The van der Waals surface area contributed by atoms with Gasteiger partial charge in [0.05, 0.1) is 0 Å². The Balaban J connectivity index is 2.24. The summed E-state index contributed by atoms with van der Waals surface area (Å²) in [6.45, 7) is 11.2. The highest BCUT2D eigenvalue weighted by Gasteiger charge is 2.35. The van der Waals surface area contributed by atoms with E-state index in [0.717, 1.165) is 19.0 Å². The summed E-state index contributed by atoms with van der Waals surface area (Å²) >= 11 is 0. The van der Waals surface area contributed by atoms with E-state index in [1.165, 1.54) is 36.1 Å². The van der Waals surface area contributed by atoms with Crippen molar-refractivity contribution in [1.29, 1.82) is 0 Å². The van der Waals surface area contributed by atoms with Crippen molar-refractivity contribution in [3.05, 3.63) is 29.3 Å². The average molecular weight is 260 g/mol. The van der Waals surface area contributed by atoms with Crippen LogP contribution >= 0.6 is 0 Å². The highest BCUT2D eigenvalue weighted by atomic mass is 15.2. The Hall–Kier alpha value is -1.02. The molecule has 2 N–H and O–H groups in total. The second-order valence-corrected chi connectivity index (χ2v) is 6.62. The summed E-state index contributed by atoms with van der Waals surface area (Å²) in [4.78, 5) is 2.60. The van der Waals surface area contributed by atoms with Crippen LogP contribution in [0.5, 0.6) is 0 Å². The second-order valence-electron chi connectivity index (χ2n) is 6.62. The van der Waals surface area contributed by atoms with Crippen LogP contribution in [0.3, 0.4) is 0 Å². The van der Waals surface area contributed by atoms with Crippen molar-refractivity contribution in [3.63, 3.8) is 0 Å². The van der Waals surface area contributed by atoms with Crippen LogP contribution in [0.4, 0.5) is 5.69 Å². The Bertz CT molecular complexity index is 437. The van der Waals surface area contributed by atoms with Gasteiger partial charge in [-0.15, -0.1) is 0 Å². The lowest BCUT2D eigenvalue weighted by Crippen LogP contribution is -2.50. The number of hydrogen-bond acceptors (Lipinski definition) is 2. The van der Waals surface area contributed by atoms with Gasteiger partial charge in [0.25, 0.3) is 0 Å². The maximum atomic E-state index is 5.72. The molecule has 0 saturated carbocycles. The highest BCUT2D eigenvalue weighted by Crippen LogP contribution is 2.38. The molecule has 0 spiro atoms. The number of benzene rings is 1. The Morgan fingerprint density at radius 2 is 2.05 bits per heavy atom. The molecule has 106 valence electrons. The molecule has 2 nitrogen and oxygen atoms in total. The summed E-state index contributed by atoms with van der Waals surface area (Å²) in [5.74, 6) is 0.793. The van der Waals surface area contributed by atoms with Crippen LogP contribution in [0.15, 0.2) is 18.2 Å². The van der Waals surface area contributed by atoms with Crippen molar-refractivity contribution >= 4 is 5.69 Å². The smallest absolute Gasteiger partial charge is 0.0403 e. The average Bonchev–Trinajstić information content (AvgIpc) is 2.33. The summed E-state index contributed by atoms with van der Waals surface area (Å²) in [7, 11) is 0. The molecule has 1 unspecified atom stereocenters. The first-order valence-electron chi connectivity index (χ1n) is 7.49. The predicted octanol–water partition coefficient (Wildman–Crippen LogP) is 3.65. The van der Waals surface area contributed by atoms with E-state index in [9.17, 15) is 0 Å². The maximum absolute atomic E-state index is 5.72. The van der Waals surface area contributed by atoms with Gasteiger partial charge >= 0.3 is 0 Å². The van der Waals surface area contributed by atoms with E-state index in [1.807, 2.05) is 0 Å². The molecule has 0 radical (unpaired) electrons. The van der Waals surface area contributed by atoms with Gasteiger partial charge in [0, 0.05) is 17.8 Å². The third-order valence-electron chi connectivity index (χ3n) is 4.72. The first kappa shape index (κ1) is 14.4. The van der Waals surface area contributed by atoms with Crippen molar-refractivity contribution in [3.8, 4) is 0 Å². The lowest BCUT2D eigenvalue weighted by atomic mass is 9.80. The molecule has 1 saturated heterocycles. The lowest BCUT2D eigenvalue weighted by Gasteiger charge is -2.48. The number of nitrogens with two attached hydrogens (primary N) is 1. The van der Waals surface area contributed by atoms with Crippen LogP contribution < -0.4 is 10.6 Å². The van der Waals surface area contributed by atoms with Crippen LogP contribution in [-0.2, 0) is 0 Å². The van der Waals surface area contributed by atoms with E-state index in [0.29, 0.717) is 0 Å². The summed E-state index contributed by atoms with van der Waals surface area (Å²) in [6.07, 6.45) is 3.69. The SMILES string of the molecule is Cc1cccc(N2CCC(CCN)CC2(C)C)c1C. The molecule has 1 aliphatic heterocycles. The zero-order valence-electron chi connectivity index (χ0n) is 12.9. The molecule has 0 amide bonds. The van der Waals surface area contributed by atoms with Crippen molar-refractivity contribution in [1.82, 2.24) is 0 Å². The summed E-state index contributed by atoms with van der Waals surface area (Å²) in [5, 5.41) is 0. The molecule has 1 aliphatic rings. The van der Waals surface area contributed by atoms with Gasteiger partial charge < -0.3 is 10.6 Å². The Morgan fingerprint density at radius 1 is 1.32 bits per heavy atom. The van der Waals surface area contributed by atoms with E-state index >= 15 is 0 Å². The molecule has 0 aliphatic carbocycles. The molecule has 1 atom stereocenters. The van der Waals surface area contributed by atoms with Gasteiger partial charge in [0.15, 0.2) is 0 Å². The van der Waals surface area contributed by atoms with Crippen LogP contribution in [-0.4, -0.2) is 18.6 Å². The van der Waals surface area contributed by atoms with Gasteiger partial charge in [-0.2, -0.15) is 0 Å². The van der Waals surface area contributed by atoms with E-state index in [4.69, 9.17) is 5.73 Å². The van der Waals surface area contributed by atoms with Crippen LogP contribution in [0.1, 0.15) is 44.2 Å². The van der Waals surface area contributed by atoms with E-state index in [-0.39, 0.29) is 5.54 Å². The van der Waals surface area contributed by atoms with Crippen LogP contribution in [0.2, 0.25) is 0 Å². The van der Waals surface area contributed by atoms with E-state index in [1.54, 1.807) is 0 Å². The molecular weight excluding hydrogens is 232 g/mol. The molecule has 2 rings (SSSR count). The van der Waals surface area contributed by atoms with Crippen molar-refractivity contribution in [2.45, 2.75) is 52.5 Å². The third-order valence-corrected chi connectivity index (χ3v) is 4.72. The first-order valence-corrected chi connectivity index (χ1v) is 7.49. The molecule has 1 heterocycles. The maximum Gasteiger partial charge on any atom is 0.0403 e. The standard InChI is InChI=1S/C17H28N2/c1-13-6-5-7-16(14(13)2)19-11-9-15(8-10-18)12-17(19,3)4/h5-7,15H,8-12,18H2,1-4H3. The lowest BCUT2D eigenvalue weighted by molar-refractivity contribution is 0.264. The molecular formula is C17H28N2. The molecule has 1 aromatic carbocycles. The van der Waals surface area contributed by atoms with Crippen LogP contribution in [0.25, 0.3) is 0 Å². The largest absolute Gasteiger partial charge is 0.366 e. The van der Waals surface area contributed by atoms with Crippen molar-refractivity contribution in [2.24, 2.45) is 11.7 Å². The highest BCUT2D eigenvalue weighted by molar-refractivity contribution is 5.58. The number of anilines is 1. The normalized spacial score (nSPS) is 22.6. The molecule has 1 aromatic rings. The van der Waals surface area contributed by atoms with Gasteiger partial charge in [-0.3, -0.25) is 0 Å². The Morgan fingerprint density at radius 3 is 2.68 bits per heavy atom. The fourth-order valence-electron chi connectivity index (χ4n) is 3.49. The van der Waals surface area contributed by atoms with E-state index in [2.05, 4.69) is 50.8 Å². The van der Waals surface area contributed by atoms with Crippen LogP contribution in [0, 0.1) is 19.8 Å².